The molecule has 1 fully saturated rings. The summed E-state index contributed by atoms with van der Waals surface area (Å²) in [7, 11) is -3.59. The fourth-order valence-electron chi connectivity index (χ4n) is 2.82. The molecule has 8 heteroatoms. The minimum absolute atomic E-state index is 0.104. The number of benzene rings is 1. The molecule has 0 atom stereocenters. The molecule has 0 bridgehead atoms. The Balaban J connectivity index is 2.04. The van der Waals surface area contributed by atoms with E-state index in [0.717, 1.165) is 12.8 Å². The average Bonchev–Trinajstić information content (AvgIpc) is 3.08. The van der Waals surface area contributed by atoms with Crippen LogP contribution in [0.5, 0.6) is 0 Å². The van der Waals surface area contributed by atoms with E-state index in [1.54, 1.807) is 0 Å². The first kappa shape index (κ1) is 18.9. The quantitative estimate of drug-likeness (QED) is 0.767. The Bertz CT molecular complexity index is 805. The lowest BCUT2D eigenvalue weighted by atomic mass is 10.00. The monoisotopic (exact) mass is 364 g/mol. The van der Waals surface area contributed by atoms with Crippen LogP contribution in [0.15, 0.2) is 29.2 Å². The van der Waals surface area contributed by atoms with E-state index in [1.165, 1.54) is 31.2 Å². The molecule has 0 spiro atoms. The van der Waals surface area contributed by atoms with Gasteiger partial charge >= 0.3 is 5.97 Å². The summed E-state index contributed by atoms with van der Waals surface area (Å²) < 4.78 is 29.0. The van der Waals surface area contributed by atoms with E-state index in [-0.39, 0.29) is 16.2 Å². The van der Waals surface area contributed by atoms with Crippen molar-refractivity contribution in [2.45, 2.75) is 43.0 Å². The van der Waals surface area contributed by atoms with Gasteiger partial charge in [-0.3, -0.25) is 4.79 Å². The molecule has 1 aromatic carbocycles. The van der Waals surface area contributed by atoms with E-state index in [1.807, 2.05) is 0 Å². The lowest BCUT2D eigenvalue weighted by molar-refractivity contribution is -0.125. The zero-order valence-corrected chi connectivity index (χ0v) is 14.8. The van der Waals surface area contributed by atoms with Crippen molar-refractivity contribution in [1.29, 1.82) is 5.26 Å². The van der Waals surface area contributed by atoms with E-state index >= 15 is 0 Å². The Morgan fingerprint density at radius 3 is 2.52 bits per heavy atom. The molecular weight excluding hydrogens is 344 g/mol. The summed E-state index contributed by atoms with van der Waals surface area (Å²) in [5.41, 5.74) is -1.000. The van der Waals surface area contributed by atoms with Crippen molar-refractivity contribution >= 4 is 21.7 Å². The molecule has 0 saturated heterocycles. The summed E-state index contributed by atoms with van der Waals surface area (Å²) >= 11 is 0. The number of ether oxygens (including phenoxy) is 1. The predicted octanol–water partition coefficient (Wildman–Crippen LogP) is 1.59. The average molecular weight is 364 g/mol. The van der Waals surface area contributed by atoms with E-state index in [9.17, 15) is 23.3 Å². The second kappa shape index (κ2) is 7.66. The summed E-state index contributed by atoms with van der Waals surface area (Å²) in [6.45, 7) is 0.913. The van der Waals surface area contributed by atoms with Gasteiger partial charge in [0.1, 0.15) is 5.54 Å². The molecule has 0 unspecified atom stereocenters. The summed E-state index contributed by atoms with van der Waals surface area (Å²) in [5.74, 6) is -1.62. The molecule has 0 aliphatic heterocycles. The minimum atomic E-state index is -3.59. The van der Waals surface area contributed by atoms with Crippen molar-refractivity contribution in [3.05, 3.63) is 29.8 Å². The largest absolute Gasteiger partial charge is 0.452 e. The van der Waals surface area contributed by atoms with Gasteiger partial charge in [0.25, 0.3) is 5.91 Å². The number of carbonyl (C=O) groups excluding carboxylic acids is 2. The van der Waals surface area contributed by atoms with E-state index in [2.05, 4.69) is 11.4 Å². The van der Waals surface area contributed by atoms with Crippen LogP contribution in [0, 0.1) is 11.3 Å². The first-order chi connectivity index (χ1) is 11.8. The fraction of sp³-hybridized carbons (Fsp3) is 0.471. The standard InChI is InChI=1S/C17H20N2O5S/c1-2-25(22,23)14-8-4-3-7-13(14)16(21)24-11-15(20)19-17(12-18)9-5-6-10-17/h3-4,7-8H,2,5-6,9-11H2,1H3,(H,19,20). The lowest BCUT2D eigenvalue weighted by Gasteiger charge is -2.21. The van der Waals surface area contributed by atoms with Crippen LogP contribution in [0.3, 0.4) is 0 Å². The highest BCUT2D eigenvalue weighted by Gasteiger charge is 2.35. The number of rotatable bonds is 6. The summed E-state index contributed by atoms with van der Waals surface area (Å²) in [5, 5.41) is 11.8. The maximum absolute atomic E-state index is 12.2. The van der Waals surface area contributed by atoms with Crippen LogP contribution in [0.1, 0.15) is 43.0 Å². The van der Waals surface area contributed by atoms with E-state index < -0.39 is 33.9 Å². The van der Waals surface area contributed by atoms with Crippen molar-refractivity contribution in [3.8, 4) is 6.07 Å². The Hall–Kier alpha value is -2.40. The van der Waals surface area contributed by atoms with Crippen LogP contribution >= 0.6 is 0 Å². The molecular formula is C17H20N2O5S. The Labute approximate surface area is 146 Å². The molecule has 1 amide bonds. The molecule has 134 valence electrons. The van der Waals surface area contributed by atoms with E-state index in [0.29, 0.717) is 12.8 Å². The minimum Gasteiger partial charge on any atom is -0.452 e. The predicted molar refractivity (Wildman–Crippen MR) is 89.4 cm³/mol. The topological polar surface area (TPSA) is 113 Å². The van der Waals surface area contributed by atoms with Crippen molar-refractivity contribution in [1.82, 2.24) is 5.32 Å². The SMILES string of the molecule is CCS(=O)(=O)c1ccccc1C(=O)OCC(=O)NC1(C#N)CCCC1. The molecule has 1 N–H and O–H groups in total. The van der Waals surface area contributed by atoms with Crippen molar-refractivity contribution < 1.29 is 22.7 Å². The van der Waals surface area contributed by atoms with Crippen LogP contribution in [-0.2, 0) is 19.4 Å². The molecule has 1 aliphatic carbocycles. The Morgan fingerprint density at radius 2 is 1.92 bits per heavy atom. The summed E-state index contributed by atoms with van der Waals surface area (Å²) in [6.07, 6.45) is 2.85. The zero-order valence-electron chi connectivity index (χ0n) is 13.9. The Morgan fingerprint density at radius 1 is 1.28 bits per heavy atom. The van der Waals surface area contributed by atoms with E-state index in [4.69, 9.17) is 4.74 Å². The maximum Gasteiger partial charge on any atom is 0.339 e. The van der Waals surface area contributed by atoms with Crippen LogP contribution in [-0.4, -0.2) is 38.2 Å². The van der Waals surface area contributed by atoms with Gasteiger partial charge in [-0.05, 0) is 37.8 Å². The van der Waals surface area contributed by atoms with Gasteiger partial charge in [-0.2, -0.15) is 5.26 Å². The number of nitrogens with zero attached hydrogens (tertiary/aromatic N) is 1. The maximum atomic E-state index is 12.2. The van der Waals surface area contributed by atoms with Crippen molar-refractivity contribution in [3.63, 3.8) is 0 Å². The van der Waals surface area contributed by atoms with Gasteiger partial charge in [-0.15, -0.1) is 0 Å². The molecule has 1 aromatic rings. The molecule has 25 heavy (non-hydrogen) atoms. The number of nitriles is 1. The Kier molecular flexibility index (Phi) is 5.80. The number of amides is 1. The highest BCUT2D eigenvalue weighted by atomic mass is 32.2. The first-order valence-electron chi connectivity index (χ1n) is 8.05. The van der Waals surface area contributed by atoms with Gasteiger partial charge in [0.2, 0.25) is 0 Å². The fourth-order valence-corrected chi connectivity index (χ4v) is 3.90. The number of hydrogen-bond donors (Lipinski definition) is 1. The molecule has 1 saturated carbocycles. The second-order valence-electron chi connectivity index (χ2n) is 5.92. The number of esters is 1. The summed E-state index contributed by atoms with van der Waals surface area (Å²) in [4.78, 5) is 24.0. The van der Waals surface area contributed by atoms with Crippen molar-refractivity contribution in [2.75, 3.05) is 12.4 Å². The molecule has 0 aromatic heterocycles. The van der Waals surface area contributed by atoms with Crippen LogP contribution in [0.4, 0.5) is 0 Å². The number of sulfone groups is 1. The van der Waals surface area contributed by atoms with Gasteiger partial charge in [0.15, 0.2) is 16.4 Å². The van der Waals surface area contributed by atoms with Gasteiger partial charge in [-0.25, -0.2) is 13.2 Å². The van der Waals surface area contributed by atoms with Crippen LogP contribution in [0.25, 0.3) is 0 Å². The summed E-state index contributed by atoms with van der Waals surface area (Å²) in [6, 6.07) is 7.83. The lowest BCUT2D eigenvalue weighted by Crippen LogP contribution is -2.46. The number of hydrogen-bond acceptors (Lipinski definition) is 6. The van der Waals surface area contributed by atoms with Crippen LogP contribution < -0.4 is 5.32 Å². The molecule has 0 heterocycles. The van der Waals surface area contributed by atoms with Crippen LogP contribution in [0.2, 0.25) is 0 Å². The third-order valence-electron chi connectivity index (χ3n) is 4.21. The zero-order chi connectivity index (χ0) is 18.5. The molecule has 0 radical (unpaired) electrons. The molecule has 7 nitrogen and oxygen atoms in total. The second-order valence-corrected chi connectivity index (χ2v) is 8.17. The van der Waals surface area contributed by atoms with Gasteiger partial charge < -0.3 is 10.1 Å². The van der Waals surface area contributed by atoms with Gasteiger partial charge in [-0.1, -0.05) is 19.1 Å². The number of carbonyl (C=O) groups is 2. The van der Waals surface area contributed by atoms with Crippen molar-refractivity contribution in [2.24, 2.45) is 0 Å². The number of nitrogens with one attached hydrogen (secondary N) is 1. The third kappa shape index (κ3) is 4.37. The van der Waals surface area contributed by atoms with Gasteiger partial charge in [0.05, 0.1) is 22.3 Å². The highest BCUT2D eigenvalue weighted by molar-refractivity contribution is 7.91. The smallest absolute Gasteiger partial charge is 0.339 e. The normalized spacial score (nSPS) is 16.0. The molecule has 1 aliphatic rings. The third-order valence-corrected chi connectivity index (χ3v) is 5.99. The highest BCUT2D eigenvalue weighted by Crippen LogP contribution is 2.28. The molecule has 2 rings (SSSR count). The first-order valence-corrected chi connectivity index (χ1v) is 9.70. The van der Waals surface area contributed by atoms with Gasteiger partial charge in [0, 0.05) is 0 Å².